The van der Waals surface area contributed by atoms with Gasteiger partial charge in [-0.2, -0.15) is 0 Å². The fourth-order valence-electron chi connectivity index (χ4n) is 4.03. The summed E-state index contributed by atoms with van der Waals surface area (Å²) < 4.78 is 6.06. The molecule has 0 bridgehead atoms. The van der Waals surface area contributed by atoms with Gasteiger partial charge in [0.15, 0.2) is 0 Å². The highest BCUT2D eigenvalue weighted by molar-refractivity contribution is 5.85. The maximum absolute atomic E-state index is 11.8. The first kappa shape index (κ1) is 15.8. The Hall–Kier alpha value is -0.610. The summed E-state index contributed by atoms with van der Waals surface area (Å²) in [5.74, 6) is 0.132. The zero-order valence-electron chi connectivity index (χ0n) is 12.8. The minimum Gasteiger partial charge on any atom is -0.378 e. The van der Waals surface area contributed by atoms with Gasteiger partial charge >= 0.3 is 0 Å². The summed E-state index contributed by atoms with van der Waals surface area (Å²) in [6, 6.07) is 0. The van der Waals surface area contributed by atoms with Crippen LogP contribution in [-0.2, 0) is 9.53 Å². The number of nitrogens with two attached hydrogens (primary N) is 1. The Morgan fingerprint density at radius 3 is 2.50 bits per heavy atom. The summed E-state index contributed by atoms with van der Waals surface area (Å²) >= 11 is 0. The number of carbonyl (C=O) groups excluding carboxylic acids is 1. The quantitative estimate of drug-likeness (QED) is 0.735. The molecule has 2 fully saturated rings. The van der Waals surface area contributed by atoms with Crippen molar-refractivity contribution in [3.05, 3.63) is 0 Å². The summed E-state index contributed by atoms with van der Waals surface area (Å²) in [7, 11) is 1.86. The molecule has 0 heterocycles. The van der Waals surface area contributed by atoms with E-state index in [2.05, 4.69) is 5.32 Å². The smallest absolute Gasteiger partial charge is 0.238 e. The molecule has 0 aliphatic heterocycles. The van der Waals surface area contributed by atoms with Gasteiger partial charge in [-0.1, -0.05) is 32.1 Å². The molecule has 2 saturated carbocycles. The number of hydrogen-bond donors (Lipinski definition) is 2. The van der Waals surface area contributed by atoms with Crippen LogP contribution in [0.2, 0.25) is 0 Å². The zero-order chi connectivity index (χ0) is 14.4. The molecule has 0 saturated heterocycles. The van der Waals surface area contributed by atoms with Crippen molar-refractivity contribution >= 4 is 5.91 Å². The Labute approximate surface area is 122 Å². The van der Waals surface area contributed by atoms with Gasteiger partial charge in [0.25, 0.3) is 0 Å². The van der Waals surface area contributed by atoms with Crippen molar-refractivity contribution in [3.8, 4) is 0 Å². The minimum absolute atomic E-state index is 0.197. The second-order valence-corrected chi connectivity index (χ2v) is 6.45. The summed E-state index contributed by atoms with van der Waals surface area (Å²) in [5, 5.41) is 3.20. The summed E-state index contributed by atoms with van der Waals surface area (Å²) in [4.78, 5) is 11.8. The SMILES string of the molecule is CNC1(C(N)=O)CCCC1CCOC1CCCCCC1. The second kappa shape index (κ2) is 7.41. The van der Waals surface area contributed by atoms with Crippen LogP contribution in [0.5, 0.6) is 0 Å². The second-order valence-electron chi connectivity index (χ2n) is 6.45. The minimum atomic E-state index is -0.493. The Bertz CT molecular complexity index is 314. The van der Waals surface area contributed by atoms with Gasteiger partial charge in [0.2, 0.25) is 5.91 Å². The molecule has 0 radical (unpaired) electrons. The Morgan fingerprint density at radius 2 is 1.90 bits per heavy atom. The molecule has 4 heteroatoms. The first-order valence-electron chi connectivity index (χ1n) is 8.29. The molecule has 0 aromatic heterocycles. The average Bonchev–Trinajstić information content (AvgIpc) is 2.68. The van der Waals surface area contributed by atoms with E-state index >= 15 is 0 Å². The van der Waals surface area contributed by atoms with Crippen LogP contribution >= 0.6 is 0 Å². The van der Waals surface area contributed by atoms with E-state index in [0.717, 1.165) is 32.3 Å². The molecule has 2 unspecified atom stereocenters. The van der Waals surface area contributed by atoms with Crippen LogP contribution in [0.1, 0.15) is 64.2 Å². The number of amides is 1. The van der Waals surface area contributed by atoms with Crippen LogP contribution in [0, 0.1) is 5.92 Å². The van der Waals surface area contributed by atoms with Crippen LogP contribution in [0.3, 0.4) is 0 Å². The van der Waals surface area contributed by atoms with E-state index in [1.807, 2.05) is 7.05 Å². The monoisotopic (exact) mass is 282 g/mol. The van der Waals surface area contributed by atoms with Crippen molar-refractivity contribution in [1.82, 2.24) is 5.32 Å². The summed E-state index contributed by atoms with van der Waals surface area (Å²) in [6.45, 7) is 0.770. The van der Waals surface area contributed by atoms with Gasteiger partial charge in [0.05, 0.1) is 6.10 Å². The number of ether oxygens (including phenoxy) is 1. The molecule has 1 amide bonds. The van der Waals surface area contributed by atoms with Crippen LogP contribution in [0.4, 0.5) is 0 Å². The van der Waals surface area contributed by atoms with Gasteiger partial charge in [-0.25, -0.2) is 0 Å². The Kier molecular flexibility index (Phi) is 5.85. The van der Waals surface area contributed by atoms with E-state index < -0.39 is 5.54 Å². The van der Waals surface area contributed by atoms with E-state index in [1.54, 1.807) is 0 Å². The Morgan fingerprint density at radius 1 is 1.20 bits per heavy atom. The van der Waals surface area contributed by atoms with E-state index in [4.69, 9.17) is 10.5 Å². The third kappa shape index (κ3) is 3.53. The van der Waals surface area contributed by atoms with Gasteiger partial charge in [-0.3, -0.25) is 4.79 Å². The van der Waals surface area contributed by atoms with Crippen molar-refractivity contribution in [1.29, 1.82) is 0 Å². The van der Waals surface area contributed by atoms with Gasteiger partial charge < -0.3 is 15.8 Å². The molecule has 3 N–H and O–H groups in total. The first-order chi connectivity index (χ1) is 9.69. The van der Waals surface area contributed by atoms with E-state index in [0.29, 0.717) is 12.0 Å². The van der Waals surface area contributed by atoms with Crippen molar-refractivity contribution in [2.24, 2.45) is 11.7 Å². The van der Waals surface area contributed by atoms with Crippen LogP contribution in [0.25, 0.3) is 0 Å². The molecular weight excluding hydrogens is 252 g/mol. The predicted molar refractivity (Wildman–Crippen MR) is 80.4 cm³/mol. The molecule has 20 heavy (non-hydrogen) atoms. The van der Waals surface area contributed by atoms with Crippen LogP contribution < -0.4 is 11.1 Å². The molecule has 0 aromatic rings. The topological polar surface area (TPSA) is 64.3 Å². The molecule has 4 nitrogen and oxygen atoms in total. The van der Waals surface area contributed by atoms with Crippen molar-refractivity contribution < 1.29 is 9.53 Å². The first-order valence-corrected chi connectivity index (χ1v) is 8.29. The molecule has 2 aliphatic rings. The lowest BCUT2D eigenvalue weighted by molar-refractivity contribution is -0.126. The predicted octanol–water partition coefficient (Wildman–Crippen LogP) is 2.36. The van der Waals surface area contributed by atoms with Crippen molar-refractivity contribution in [2.75, 3.05) is 13.7 Å². The van der Waals surface area contributed by atoms with E-state index in [1.165, 1.54) is 38.5 Å². The standard InChI is InChI=1S/C16H30N2O2/c1-18-16(15(17)19)11-6-7-13(16)10-12-20-14-8-4-2-3-5-9-14/h13-14,18H,2-12H2,1H3,(H2,17,19). The van der Waals surface area contributed by atoms with Crippen LogP contribution in [-0.4, -0.2) is 31.2 Å². The lowest BCUT2D eigenvalue weighted by Gasteiger charge is -2.32. The number of carbonyl (C=O) groups is 1. The summed E-state index contributed by atoms with van der Waals surface area (Å²) in [6.07, 6.45) is 12.1. The van der Waals surface area contributed by atoms with Gasteiger partial charge in [0.1, 0.15) is 5.54 Å². The lowest BCUT2D eigenvalue weighted by atomic mass is 9.84. The number of primary amides is 1. The maximum atomic E-state index is 11.8. The molecule has 2 aliphatic carbocycles. The number of rotatable bonds is 6. The van der Waals surface area contributed by atoms with Gasteiger partial charge in [0, 0.05) is 6.61 Å². The van der Waals surface area contributed by atoms with Crippen LogP contribution in [0.15, 0.2) is 0 Å². The molecule has 0 spiro atoms. The molecule has 116 valence electrons. The third-order valence-corrected chi connectivity index (χ3v) is 5.33. The van der Waals surface area contributed by atoms with Crippen molar-refractivity contribution in [3.63, 3.8) is 0 Å². The summed E-state index contributed by atoms with van der Waals surface area (Å²) in [5.41, 5.74) is 5.13. The molecular formula is C16H30N2O2. The fourth-order valence-corrected chi connectivity index (χ4v) is 4.03. The largest absolute Gasteiger partial charge is 0.378 e. The highest BCUT2D eigenvalue weighted by atomic mass is 16.5. The zero-order valence-corrected chi connectivity index (χ0v) is 12.8. The fraction of sp³-hybridized carbons (Fsp3) is 0.938. The normalized spacial score (nSPS) is 32.1. The highest BCUT2D eigenvalue weighted by Gasteiger charge is 2.46. The van der Waals surface area contributed by atoms with E-state index in [9.17, 15) is 4.79 Å². The Balaban J connectivity index is 1.79. The number of nitrogens with one attached hydrogen (secondary N) is 1. The highest BCUT2D eigenvalue weighted by Crippen LogP contribution is 2.37. The van der Waals surface area contributed by atoms with Gasteiger partial charge in [-0.05, 0) is 45.1 Å². The van der Waals surface area contributed by atoms with Gasteiger partial charge in [-0.15, -0.1) is 0 Å². The average molecular weight is 282 g/mol. The lowest BCUT2D eigenvalue weighted by Crippen LogP contribution is -2.56. The third-order valence-electron chi connectivity index (χ3n) is 5.33. The number of hydrogen-bond acceptors (Lipinski definition) is 3. The van der Waals surface area contributed by atoms with E-state index in [-0.39, 0.29) is 5.91 Å². The molecule has 0 aromatic carbocycles. The molecule has 2 rings (SSSR count). The number of likely N-dealkylation sites (N-methyl/N-ethyl adjacent to an activating group) is 1. The molecule has 2 atom stereocenters. The maximum Gasteiger partial charge on any atom is 0.238 e. The van der Waals surface area contributed by atoms with Crippen molar-refractivity contribution in [2.45, 2.75) is 75.9 Å².